The molecule has 1 aliphatic rings. The van der Waals surface area contributed by atoms with Crippen LogP contribution in [0, 0.1) is 0 Å². The van der Waals surface area contributed by atoms with E-state index >= 15 is 0 Å². The van der Waals surface area contributed by atoms with Crippen LogP contribution >= 0.6 is 15.9 Å². The fourth-order valence-corrected chi connectivity index (χ4v) is 3.54. The van der Waals surface area contributed by atoms with Crippen LogP contribution in [0.1, 0.15) is 35.5 Å². The van der Waals surface area contributed by atoms with Gasteiger partial charge in [-0.3, -0.25) is 0 Å². The number of furan rings is 1. The average Bonchev–Trinajstić information content (AvgIpc) is 3.41. The van der Waals surface area contributed by atoms with Crippen LogP contribution < -0.4 is 9.47 Å². The van der Waals surface area contributed by atoms with Gasteiger partial charge in [0.25, 0.3) is 0 Å². The molecule has 0 bridgehead atoms. The molecule has 2 aromatic carbocycles. The zero-order chi connectivity index (χ0) is 23.4. The predicted octanol–water partition coefficient (Wildman–Crippen LogP) is 4.58. The van der Waals surface area contributed by atoms with E-state index in [1.54, 1.807) is 44.2 Å². The minimum absolute atomic E-state index is 0.00431. The van der Waals surface area contributed by atoms with E-state index in [0.717, 1.165) is 10.0 Å². The summed E-state index contributed by atoms with van der Waals surface area (Å²) in [5.74, 6) is -0.00215. The van der Waals surface area contributed by atoms with Gasteiger partial charge in [0.1, 0.15) is 12.2 Å². The molecule has 0 amide bonds. The lowest BCUT2D eigenvalue weighted by atomic mass is 10.1. The molecule has 33 heavy (non-hydrogen) atoms. The first-order valence-electron chi connectivity index (χ1n) is 10.1. The summed E-state index contributed by atoms with van der Waals surface area (Å²) in [7, 11) is 0. The summed E-state index contributed by atoms with van der Waals surface area (Å²) >= 11 is 3.39. The maximum Gasteiger partial charge on any atom is 0.374 e. The molecule has 2 heterocycles. The minimum Gasteiger partial charge on any atom is -0.460 e. The number of hydrogen-bond donors (Lipinski definition) is 0. The molecular weight excluding hydrogens is 498 g/mol. The highest BCUT2D eigenvalue weighted by Gasteiger charge is 2.23. The van der Waals surface area contributed by atoms with Crippen LogP contribution in [-0.4, -0.2) is 37.7 Å². The van der Waals surface area contributed by atoms with Crippen LogP contribution in [0.3, 0.4) is 0 Å². The number of ether oxygens (including phenoxy) is 4. The Bertz CT molecular complexity index is 1230. The molecule has 1 aromatic heterocycles. The maximum atomic E-state index is 12.3. The highest BCUT2D eigenvalue weighted by Crippen LogP contribution is 2.33. The van der Waals surface area contributed by atoms with E-state index in [1.807, 2.05) is 6.07 Å². The smallest absolute Gasteiger partial charge is 0.374 e. The summed E-state index contributed by atoms with van der Waals surface area (Å²) in [5.41, 5.74) is 2.21. The second-order valence-corrected chi connectivity index (χ2v) is 7.87. The van der Waals surface area contributed by atoms with Gasteiger partial charge in [-0.25, -0.2) is 9.59 Å². The quantitative estimate of drug-likeness (QED) is 0.242. The number of hydrogen-bond acceptors (Lipinski definition) is 9. The molecule has 3 aromatic rings. The second-order valence-electron chi connectivity index (χ2n) is 6.95. The summed E-state index contributed by atoms with van der Waals surface area (Å²) in [6.45, 7) is 3.20. The Kier molecular flexibility index (Phi) is 6.83. The number of oxime groups is 1. The van der Waals surface area contributed by atoms with Gasteiger partial charge in [-0.05, 0) is 50.2 Å². The summed E-state index contributed by atoms with van der Waals surface area (Å²) < 4.78 is 27.4. The first-order valence-corrected chi connectivity index (χ1v) is 10.9. The molecule has 0 atom stereocenters. The molecule has 0 saturated carbocycles. The minimum atomic E-state index is -0.656. The SMILES string of the molecule is CCOC(=O)c1oc2ccc(Br)cc2c1COC(=O)CON=C(C)c1ccc2c(c1)OCO2. The number of fused-ring (bicyclic) bond motifs is 2. The number of nitrogens with zero attached hydrogens (tertiary/aromatic N) is 1. The number of esters is 2. The molecule has 10 heteroatoms. The normalized spacial score (nSPS) is 12.6. The Hall–Kier alpha value is -3.53. The van der Waals surface area contributed by atoms with Gasteiger partial charge in [0, 0.05) is 15.4 Å². The van der Waals surface area contributed by atoms with Gasteiger partial charge < -0.3 is 28.2 Å². The fourth-order valence-electron chi connectivity index (χ4n) is 3.18. The molecule has 0 radical (unpaired) electrons. The van der Waals surface area contributed by atoms with Gasteiger partial charge in [0.05, 0.1) is 17.9 Å². The topological polar surface area (TPSA) is 106 Å². The highest BCUT2D eigenvalue weighted by molar-refractivity contribution is 9.10. The maximum absolute atomic E-state index is 12.3. The lowest BCUT2D eigenvalue weighted by molar-refractivity contribution is -0.150. The predicted molar refractivity (Wildman–Crippen MR) is 120 cm³/mol. The molecule has 0 aliphatic carbocycles. The lowest BCUT2D eigenvalue weighted by Gasteiger charge is -2.06. The van der Waals surface area contributed by atoms with Gasteiger partial charge in [-0.15, -0.1) is 0 Å². The van der Waals surface area contributed by atoms with Gasteiger partial charge in [-0.2, -0.15) is 0 Å². The van der Waals surface area contributed by atoms with Crippen molar-refractivity contribution in [1.82, 2.24) is 0 Å². The monoisotopic (exact) mass is 517 g/mol. The Morgan fingerprint density at radius 3 is 2.73 bits per heavy atom. The number of benzene rings is 2. The molecule has 0 fully saturated rings. The van der Waals surface area contributed by atoms with Crippen molar-refractivity contribution in [3.63, 3.8) is 0 Å². The van der Waals surface area contributed by atoms with Crippen molar-refractivity contribution in [3.8, 4) is 11.5 Å². The van der Waals surface area contributed by atoms with Crippen molar-refractivity contribution >= 4 is 44.5 Å². The summed E-state index contributed by atoms with van der Waals surface area (Å²) in [6.07, 6.45) is 0. The molecule has 1 aliphatic heterocycles. The highest BCUT2D eigenvalue weighted by atomic mass is 79.9. The van der Waals surface area contributed by atoms with Gasteiger partial charge in [0.15, 0.2) is 11.5 Å². The molecule has 0 spiro atoms. The van der Waals surface area contributed by atoms with Crippen LogP contribution in [0.15, 0.2) is 50.4 Å². The average molecular weight is 518 g/mol. The van der Waals surface area contributed by atoms with E-state index in [4.69, 9.17) is 28.2 Å². The first-order chi connectivity index (χ1) is 16.0. The van der Waals surface area contributed by atoms with Gasteiger partial charge >= 0.3 is 11.9 Å². The first kappa shape index (κ1) is 22.7. The van der Waals surface area contributed by atoms with Crippen molar-refractivity contribution < 1.29 is 37.8 Å². The van der Waals surface area contributed by atoms with Crippen LogP contribution in [0.5, 0.6) is 11.5 Å². The third-order valence-corrected chi connectivity index (χ3v) is 5.26. The molecule has 0 N–H and O–H groups in total. The van der Waals surface area contributed by atoms with E-state index in [9.17, 15) is 9.59 Å². The number of carbonyl (C=O) groups is 2. The van der Waals surface area contributed by atoms with Gasteiger partial charge in [-0.1, -0.05) is 21.1 Å². The van der Waals surface area contributed by atoms with E-state index in [-0.39, 0.29) is 25.8 Å². The third kappa shape index (κ3) is 5.11. The van der Waals surface area contributed by atoms with Crippen LogP contribution in [-0.2, 0) is 25.7 Å². The number of halogens is 1. The molecule has 172 valence electrons. The van der Waals surface area contributed by atoms with E-state index in [0.29, 0.717) is 33.7 Å². The Morgan fingerprint density at radius 2 is 1.91 bits per heavy atom. The zero-order valence-corrected chi connectivity index (χ0v) is 19.5. The summed E-state index contributed by atoms with van der Waals surface area (Å²) in [6, 6.07) is 10.6. The molecule has 0 unspecified atom stereocenters. The lowest BCUT2D eigenvalue weighted by Crippen LogP contribution is -2.13. The fraction of sp³-hybridized carbons (Fsp3) is 0.261. The summed E-state index contributed by atoms with van der Waals surface area (Å²) in [4.78, 5) is 29.6. The van der Waals surface area contributed by atoms with Crippen molar-refractivity contribution in [2.24, 2.45) is 5.16 Å². The standard InChI is InChI=1S/C23H20BrNO8/c1-3-28-23(27)22-17(16-9-15(24)5-7-18(16)33-22)10-29-21(26)11-32-25-13(2)14-4-6-19-20(8-14)31-12-30-19/h4-9H,3,10-12H2,1-2H3. The molecular formula is C23H20BrNO8. The van der Waals surface area contributed by atoms with E-state index < -0.39 is 18.5 Å². The third-order valence-electron chi connectivity index (χ3n) is 4.77. The van der Waals surface area contributed by atoms with E-state index in [1.165, 1.54) is 0 Å². The molecule has 4 rings (SSSR count). The van der Waals surface area contributed by atoms with Crippen molar-refractivity contribution in [1.29, 1.82) is 0 Å². The molecule has 9 nitrogen and oxygen atoms in total. The van der Waals surface area contributed by atoms with Gasteiger partial charge in [0.2, 0.25) is 19.2 Å². The number of rotatable bonds is 8. The Labute approximate surface area is 197 Å². The van der Waals surface area contributed by atoms with Crippen LogP contribution in [0.2, 0.25) is 0 Å². The van der Waals surface area contributed by atoms with Crippen molar-refractivity contribution in [2.75, 3.05) is 20.0 Å². The number of carbonyl (C=O) groups excluding carboxylic acids is 2. The Balaban J connectivity index is 1.39. The second kappa shape index (κ2) is 9.95. The largest absolute Gasteiger partial charge is 0.460 e. The molecule has 0 saturated heterocycles. The summed E-state index contributed by atoms with van der Waals surface area (Å²) in [5, 5.41) is 4.59. The van der Waals surface area contributed by atoms with E-state index in [2.05, 4.69) is 21.1 Å². The van der Waals surface area contributed by atoms with Crippen molar-refractivity contribution in [2.45, 2.75) is 20.5 Å². The Morgan fingerprint density at radius 1 is 1.09 bits per heavy atom. The van der Waals surface area contributed by atoms with Crippen LogP contribution in [0.4, 0.5) is 0 Å². The zero-order valence-electron chi connectivity index (χ0n) is 17.9. The van der Waals surface area contributed by atoms with Crippen LogP contribution in [0.25, 0.3) is 11.0 Å². The van der Waals surface area contributed by atoms with Crippen molar-refractivity contribution in [3.05, 3.63) is 57.8 Å².